The van der Waals surface area contributed by atoms with E-state index in [1.807, 2.05) is 13.8 Å². The molecule has 110 valence electrons. The van der Waals surface area contributed by atoms with E-state index in [0.717, 1.165) is 6.42 Å². The molecule has 1 amide bonds. The molecule has 0 spiro atoms. The van der Waals surface area contributed by atoms with Gasteiger partial charge in [0.2, 0.25) is 0 Å². The van der Waals surface area contributed by atoms with E-state index in [2.05, 4.69) is 17.6 Å². The molecule has 0 saturated heterocycles. The Kier molecular flexibility index (Phi) is 4.04. The zero-order valence-electron chi connectivity index (χ0n) is 12.2. The van der Waals surface area contributed by atoms with Gasteiger partial charge >= 0.3 is 0 Å². The van der Waals surface area contributed by atoms with Crippen LogP contribution in [0.3, 0.4) is 0 Å². The van der Waals surface area contributed by atoms with Crippen LogP contribution in [-0.4, -0.2) is 24.8 Å². The molecule has 0 aliphatic heterocycles. The highest BCUT2D eigenvalue weighted by Crippen LogP contribution is 2.41. The number of rotatable bonds is 5. The Bertz CT molecular complexity index is 551. The Hall–Kier alpha value is -1.56. The Labute approximate surface area is 122 Å². The molecule has 1 aliphatic rings. The van der Waals surface area contributed by atoms with Crippen molar-refractivity contribution in [3.8, 4) is 0 Å². The molecule has 1 aliphatic carbocycles. The molecule has 20 heavy (non-hydrogen) atoms. The number of amides is 1. The average Bonchev–Trinajstić information content (AvgIpc) is 2.98. The molecule has 2 rings (SSSR count). The summed E-state index contributed by atoms with van der Waals surface area (Å²) in [5.74, 6) is 0.188. The van der Waals surface area contributed by atoms with E-state index >= 15 is 0 Å². The summed E-state index contributed by atoms with van der Waals surface area (Å²) < 4.78 is 0. The highest BCUT2D eigenvalue weighted by atomic mass is 32.1. The maximum absolute atomic E-state index is 12.2. The molecule has 1 aromatic heterocycles. The van der Waals surface area contributed by atoms with Crippen LogP contribution in [0.5, 0.6) is 0 Å². The van der Waals surface area contributed by atoms with Crippen molar-refractivity contribution in [2.75, 3.05) is 18.1 Å². The highest BCUT2D eigenvalue weighted by Gasteiger charge is 2.35. The molecule has 1 aromatic rings. The van der Waals surface area contributed by atoms with Crippen molar-refractivity contribution in [3.05, 3.63) is 10.4 Å². The number of anilines is 2. The topological polar surface area (TPSA) is 84.2 Å². The van der Waals surface area contributed by atoms with Gasteiger partial charge < -0.3 is 16.4 Å². The van der Waals surface area contributed by atoms with E-state index in [-0.39, 0.29) is 17.6 Å². The van der Waals surface area contributed by atoms with Gasteiger partial charge in [-0.3, -0.25) is 9.59 Å². The van der Waals surface area contributed by atoms with Crippen molar-refractivity contribution < 1.29 is 9.59 Å². The fourth-order valence-electron chi connectivity index (χ4n) is 2.03. The number of hydrogen-bond acceptors (Lipinski definition) is 5. The summed E-state index contributed by atoms with van der Waals surface area (Å²) in [6.07, 6.45) is 1.08. The smallest absolute Gasteiger partial charge is 0.256 e. The lowest BCUT2D eigenvalue weighted by Crippen LogP contribution is -2.20. The first-order valence-corrected chi connectivity index (χ1v) is 7.63. The zero-order valence-corrected chi connectivity index (χ0v) is 13.1. The van der Waals surface area contributed by atoms with Gasteiger partial charge in [-0.2, -0.15) is 0 Å². The van der Waals surface area contributed by atoms with Crippen molar-refractivity contribution in [2.45, 2.75) is 33.2 Å². The minimum Gasteiger partial charge on any atom is -0.397 e. The first kappa shape index (κ1) is 14.8. The molecule has 1 saturated carbocycles. The van der Waals surface area contributed by atoms with Crippen LogP contribution in [0.25, 0.3) is 0 Å². The Balaban J connectivity index is 2.40. The quantitative estimate of drug-likeness (QED) is 0.728. The first-order valence-electron chi connectivity index (χ1n) is 6.81. The van der Waals surface area contributed by atoms with E-state index in [1.165, 1.54) is 11.3 Å². The second kappa shape index (κ2) is 5.44. The monoisotopic (exact) mass is 295 g/mol. The summed E-state index contributed by atoms with van der Waals surface area (Å²) in [6, 6.07) is 0.374. The number of nitrogens with two attached hydrogens (primary N) is 1. The van der Waals surface area contributed by atoms with Crippen LogP contribution in [0.15, 0.2) is 0 Å². The SMILES string of the molecule is CNC(=O)c1c(NC2CC2C)sc(C(=O)C(C)C)c1N. The number of ketones is 1. The Morgan fingerprint density at radius 1 is 1.40 bits per heavy atom. The van der Waals surface area contributed by atoms with Crippen LogP contribution in [0.4, 0.5) is 10.7 Å². The predicted octanol–water partition coefficient (Wildman–Crippen LogP) is 2.35. The van der Waals surface area contributed by atoms with Crippen LogP contribution >= 0.6 is 11.3 Å². The van der Waals surface area contributed by atoms with Crippen LogP contribution in [0.1, 0.15) is 47.2 Å². The van der Waals surface area contributed by atoms with Crippen molar-refractivity contribution >= 4 is 33.7 Å². The number of nitrogens with one attached hydrogen (secondary N) is 2. The third-order valence-electron chi connectivity index (χ3n) is 3.57. The van der Waals surface area contributed by atoms with Gasteiger partial charge in [0.25, 0.3) is 5.91 Å². The number of carbonyl (C=O) groups is 2. The predicted molar refractivity (Wildman–Crippen MR) is 82.5 cm³/mol. The molecule has 6 heteroatoms. The Morgan fingerprint density at radius 2 is 2.00 bits per heavy atom. The van der Waals surface area contributed by atoms with Gasteiger partial charge in [-0.05, 0) is 12.3 Å². The van der Waals surface area contributed by atoms with Crippen molar-refractivity contribution in [1.29, 1.82) is 0 Å². The number of carbonyl (C=O) groups excluding carboxylic acids is 2. The molecular formula is C14H21N3O2S. The van der Waals surface area contributed by atoms with Crippen molar-refractivity contribution in [2.24, 2.45) is 11.8 Å². The van der Waals surface area contributed by atoms with Crippen molar-refractivity contribution in [3.63, 3.8) is 0 Å². The molecular weight excluding hydrogens is 274 g/mol. The van der Waals surface area contributed by atoms with Gasteiger partial charge in [-0.1, -0.05) is 20.8 Å². The molecule has 2 atom stereocenters. The van der Waals surface area contributed by atoms with Gasteiger partial charge in [-0.25, -0.2) is 0 Å². The minimum atomic E-state index is -0.252. The summed E-state index contributed by atoms with van der Waals surface area (Å²) in [4.78, 5) is 24.7. The maximum Gasteiger partial charge on any atom is 0.256 e. The molecule has 1 fully saturated rings. The molecule has 2 unspecified atom stereocenters. The second-order valence-electron chi connectivity index (χ2n) is 5.61. The molecule has 0 bridgehead atoms. The third kappa shape index (κ3) is 2.65. The molecule has 1 heterocycles. The fourth-order valence-corrected chi connectivity index (χ4v) is 3.30. The second-order valence-corrected chi connectivity index (χ2v) is 6.63. The van der Waals surface area contributed by atoms with Gasteiger partial charge in [0.1, 0.15) is 5.00 Å². The van der Waals surface area contributed by atoms with E-state index in [4.69, 9.17) is 5.73 Å². The van der Waals surface area contributed by atoms with E-state index in [1.54, 1.807) is 7.05 Å². The summed E-state index contributed by atoms with van der Waals surface area (Å²) >= 11 is 1.29. The molecule has 5 nitrogen and oxygen atoms in total. The highest BCUT2D eigenvalue weighted by molar-refractivity contribution is 7.19. The van der Waals surface area contributed by atoms with E-state index in [9.17, 15) is 9.59 Å². The third-order valence-corrected chi connectivity index (χ3v) is 4.72. The summed E-state index contributed by atoms with van der Waals surface area (Å²) in [7, 11) is 1.56. The maximum atomic E-state index is 12.2. The zero-order chi connectivity index (χ0) is 15.0. The Morgan fingerprint density at radius 3 is 2.45 bits per heavy atom. The molecule has 0 aromatic carbocycles. The largest absolute Gasteiger partial charge is 0.397 e. The van der Waals surface area contributed by atoms with Crippen LogP contribution in [0, 0.1) is 11.8 Å². The number of hydrogen-bond donors (Lipinski definition) is 3. The summed E-state index contributed by atoms with van der Waals surface area (Å²) in [5.41, 5.74) is 6.74. The van der Waals surface area contributed by atoms with Gasteiger partial charge in [0.15, 0.2) is 5.78 Å². The van der Waals surface area contributed by atoms with Gasteiger partial charge in [0, 0.05) is 19.0 Å². The summed E-state index contributed by atoms with van der Waals surface area (Å²) in [6.45, 7) is 5.81. The van der Waals surface area contributed by atoms with Crippen molar-refractivity contribution in [1.82, 2.24) is 5.32 Å². The van der Waals surface area contributed by atoms with E-state index in [0.29, 0.717) is 33.1 Å². The lowest BCUT2D eigenvalue weighted by molar-refractivity contribution is 0.0944. The lowest BCUT2D eigenvalue weighted by Gasteiger charge is -2.06. The number of nitrogen functional groups attached to an aromatic ring is 1. The minimum absolute atomic E-state index is 0.0189. The standard InChI is InChI=1S/C14H21N3O2S/c1-6(2)11(18)12-10(15)9(13(19)16-4)14(20-12)17-8-5-7(8)3/h6-8,17H,5,15H2,1-4H3,(H,16,19). The van der Waals surface area contributed by atoms with E-state index < -0.39 is 0 Å². The molecule has 4 N–H and O–H groups in total. The lowest BCUT2D eigenvalue weighted by atomic mass is 10.1. The normalized spacial score (nSPS) is 20.9. The first-order chi connectivity index (χ1) is 9.36. The van der Waals surface area contributed by atoms with Crippen LogP contribution in [0.2, 0.25) is 0 Å². The average molecular weight is 295 g/mol. The summed E-state index contributed by atoms with van der Waals surface area (Å²) in [5, 5.41) is 6.62. The fraction of sp³-hybridized carbons (Fsp3) is 0.571. The molecule has 0 radical (unpaired) electrons. The number of Topliss-reactive ketones (excluding diaryl/α,β-unsaturated/α-hetero) is 1. The van der Waals surface area contributed by atoms with Crippen LogP contribution < -0.4 is 16.4 Å². The van der Waals surface area contributed by atoms with Gasteiger partial charge in [-0.15, -0.1) is 11.3 Å². The number of thiophene rings is 1. The van der Waals surface area contributed by atoms with Gasteiger partial charge in [0.05, 0.1) is 16.1 Å². The van der Waals surface area contributed by atoms with Crippen LogP contribution in [-0.2, 0) is 0 Å².